The van der Waals surface area contributed by atoms with Gasteiger partial charge in [-0.05, 0) is 48.5 Å². The Kier molecular flexibility index (Phi) is 7.11. The molecule has 0 aliphatic heterocycles. The standard InChI is InChI=1S/C22H11Cl2F3N2O4/c23-16-3-1-2-4-18(16)33-21(31)29-20(30)15-10-14(7-5-12(15)11-28)32-19-8-6-13(9-17(19)24)22(25,26)27/h1-10H,(H,29,30,31). The first kappa shape index (κ1) is 23.9. The molecule has 0 unspecified atom stereocenters. The van der Waals surface area contributed by atoms with Gasteiger partial charge in [0.2, 0.25) is 0 Å². The molecule has 0 bridgehead atoms. The van der Waals surface area contributed by atoms with Crippen molar-refractivity contribution in [1.29, 1.82) is 5.26 Å². The van der Waals surface area contributed by atoms with Crippen LogP contribution in [0.25, 0.3) is 0 Å². The topological polar surface area (TPSA) is 88.4 Å². The van der Waals surface area contributed by atoms with Gasteiger partial charge in [-0.15, -0.1) is 0 Å². The number of hydrogen-bond acceptors (Lipinski definition) is 5. The highest BCUT2D eigenvalue weighted by Crippen LogP contribution is 2.36. The van der Waals surface area contributed by atoms with Crippen molar-refractivity contribution in [3.05, 3.63) is 87.4 Å². The van der Waals surface area contributed by atoms with E-state index in [1.165, 1.54) is 24.3 Å². The van der Waals surface area contributed by atoms with Crippen molar-refractivity contribution in [2.45, 2.75) is 6.18 Å². The molecule has 3 aromatic carbocycles. The van der Waals surface area contributed by atoms with E-state index in [0.717, 1.165) is 18.2 Å². The number of nitrogens with one attached hydrogen (secondary N) is 1. The molecule has 3 aromatic rings. The summed E-state index contributed by atoms with van der Waals surface area (Å²) in [6.45, 7) is 0. The second-order valence-electron chi connectivity index (χ2n) is 6.34. The molecular formula is C22H11Cl2F3N2O4. The maximum Gasteiger partial charge on any atom is 0.419 e. The van der Waals surface area contributed by atoms with Gasteiger partial charge in [0.15, 0.2) is 5.75 Å². The van der Waals surface area contributed by atoms with Gasteiger partial charge in [0.05, 0.1) is 32.8 Å². The van der Waals surface area contributed by atoms with Gasteiger partial charge < -0.3 is 9.47 Å². The van der Waals surface area contributed by atoms with Crippen LogP contribution in [0.4, 0.5) is 18.0 Å². The fourth-order valence-electron chi connectivity index (χ4n) is 2.57. The number of imide groups is 1. The first-order chi connectivity index (χ1) is 15.6. The van der Waals surface area contributed by atoms with E-state index < -0.39 is 23.7 Å². The summed E-state index contributed by atoms with van der Waals surface area (Å²) >= 11 is 11.8. The van der Waals surface area contributed by atoms with E-state index in [-0.39, 0.29) is 38.4 Å². The summed E-state index contributed by atoms with van der Waals surface area (Å²) in [6.07, 6.45) is -5.73. The maximum absolute atomic E-state index is 12.8. The van der Waals surface area contributed by atoms with Gasteiger partial charge in [0, 0.05) is 0 Å². The Morgan fingerprint density at radius 2 is 1.67 bits per heavy atom. The lowest BCUT2D eigenvalue weighted by molar-refractivity contribution is -0.137. The molecule has 0 saturated carbocycles. The number of nitrogens with zero attached hydrogens (tertiary/aromatic N) is 1. The Morgan fingerprint density at radius 1 is 0.939 bits per heavy atom. The molecule has 0 radical (unpaired) electrons. The molecule has 3 rings (SSSR count). The Labute approximate surface area is 195 Å². The number of halogens is 5. The zero-order valence-corrected chi connectivity index (χ0v) is 17.8. The molecule has 0 heterocycles. The summed E-state index contributed by atoms with van der Waals surface area (Å²) in [5.41, 5.74) is -1.30. The van der Waals surface area contributed by atoms with Crippen molar-refractivity contribution in [3.8, 4) is 23.3 Å². The molecule has 2 amide bonds. The predicted molar refractivity (Wildman–Crippen MR) is 113 cm³/mol. The van der Waals surface area contributed by atoms with Gasteiger partial charge >= 0.3 is 12.3 Å². The summed E-state index contributed by atoms with van der Waals surface area (Å²) < 4.78 is 48.8. The molecule has 0 aliphatic carbocycles. The number of carbonyl (C=O) groups excluding carboxylic acids is 2. The molecule has 168 valence electrons. The predicted octanol–water partition coefficient (Wildman–Crippen LogP) is 6.60. The molecular weight excluding hydrogens is 484 g/mol. The van der Waals surface area contributed by atoms with E-state index in [4.69, 9.17) is 32.7 Å². The fourth-order valence-corrected chi connectivity index (χ4v) is 2.97. The highest BCUT2D eigenvalue weighted by Gasteiger charge is 2.31. The maximum atomic E-state index is 12.8. The lowest BCUT2D eigenvalue weighted by atomic mass is 10.1. The Hall–Kier alpha value is -3.74. The zero-order chi connectivity index (χ0) is 24.2. The number of amides is 2. The van der Waals surface area contributed by atoms with Crippen molar-refractivity contribution in [2.24, 2.45) is 0 Å². The molecule has 33 heavy (non-hydrogen) atoms. The molecule has 0 aromatic heterocycles. The molecule has 1 N–H and O–H groups in total. The summed E-state index contributed by atoms with van der Waals surface area (Å²) in [7, 11) is 0. The summed E-state index contributed by atoms with van der Waals surface area (Å²) in [4.78, 5) is 24.6. The van der Waals surface area contributed by atoms with Crippen LogP contribution in [-0.4, -0.2) is 12.0 Å². The molecule has 0 saturated heterocycles. The smallest absolute Gasteiger partial charge is 0.419 e. The van der Waals surface area contributed by atoms with Crippen molar-refractivity contribution in [3.63, 3.8) is 0 Å². The number of benzene rings is 3. The molecule has 0 aliphatic rings. The van der Waals surface area contributed by atoms with Gasteiger partial charge in [-0.3, -0.25) is 10.1 Å². The summed E-state index contributed by atoms with van der Waals surface area (Å²) in [6, 6.07) is 14.0. The monoisotopic (exact) mass is 494 g/mol. The van der Waals surface area contributed by atoms with Gasteiger partial charge in [0.25, 0.3) is 5.91 Å². The van der Waals surface area contributed by atoms with Crippen LogP contribution in [0.5, 0.6) is 17.2 Å². The first-order valence-corrected chi connectivity index (χ1v) is 9.70. The Morgan fingerprint density at radius 3 is 2.30 bits per heavy atom. The Balaban J connectivity index is 1.79. The lowest BCUT2D eigenvalue weighted by Gasteiger charge is -2.12. The van der Waals surface area contributed by atoms with E-state index >= 15 is 0 Å². The van der Waals surface area contributed by atoms with Crippen LogP contribution in [-0.2, 0) is 6.18 Å². The quantitative estimate of drug-likeness (QED) is 0.441. The van der Waals surface area contributed by atoms with Gasteiger partial charge in [0.1, 0.15) is 11.5 Å². The van der Waals surface area contributed by atoms with Crippen molar-refractivity contribution in [1.82, 2.24) is 5.32 Å². The third-order valence-corrected chi connectivity index (χ3v) is 4.71. The lowest BCUT2D eigenvalue weighted by Crippen LogP contribution is -2.33. The van der Waals surface area contributed by atoms with E-state index in [1.54, 1.807) is 18.2 Å². The highest BCUT2D eigenvalue weighted by atomic mass is 35.5. The molecule has 0 atom stereocenters. The van der Waals surface area contributed by atoms with E-state index in [1.807, 2.05) is 5.32 Å². The number of nitriles is 1. The van der Waals surface area contributed by atoms with Crippen LogP contribution in [0, 0.1) is 11.3 Å². The van der Waals surface area contributed by atoms with Gasteiger partial charge in [-0.1, -0.05) is 35.3 Å². The third-order valence-electron chi connectivity index (χ3n) is 4.10. The first-order valence-electron chi connectivity index (χ1n) is 8.95. The molecule has 11 heteroatoms. The molecule has 0 fully saturated rings. The van der Waals surface area contributed by atoms with Crippen LogP contribution in [0.1, 0.15) is 21.5 Å². The number of para-hydroxylation sites is 1. The Bertz CT molecular complexity index is 1270. The molecule has 6 nitrogen and oxygen atoms in total. The SMILES string of the molecule is N#Cc1ccc(Oc2ccc(C(F)(F)F)cc2Cl)cc1C(=O)NC(=O)Oc1ccccc1Cl. The largest absolute Gasteiger partial charge is 0.456 e. The average molecular weight is 495 g/mol. The number of ether oxygens (including phenoxy) is 2. The highest BCUT2D eigenvalue weighted by molar-refractivity contribution is 6.32. The third kappa shape index (κ3) is 5.94. The fraction of sp³-hybridized carbons (Fsp3) is 0.0455. The minimum atomic E-state index is -4.58. The normalized spacial score (nSPS) is 10.8. The average Bonchev–Trinajstić information content (AvgIpc) is 2.76. The van der Waals surface area contributed by atoms with E-state index in [0.29, 0.717) is 6.07 Å². The van der Waals surface area contributed by atoms with Crippen molar-refractivity contribution in [2.75, 3.05) is 0 Å². The van der Waals surface area contributed by atoms with E-state index in [2.05, 4.69) is 0 Å². The second-order valence-corrected chi connectivity index (χ2v) is 7.15. The minimum Gasteiger partial charge on any atom is -0.456 e. The summed E-state index contributed by atoms with van der Waals surface area (Å²) in [5.74, 6) is -1.09. The van der Waals surface area contributed by atoms with Crippen LogP contribution < -0.4 is 14.8 Å². The number of rotatable bonds is 4. The number of hydrogen-bond donors (Lipinski definition) is 1. The summed E-state index contributed by atoms with van der Waals surface area (Å²) in [5, 5.41) is 11.1. The molecule has 0 spiro atoms. The van der Waals surface area contributed by atoms with Crippen molar-refractivity contribution < 1.29 is 32.2 Å². The second kappa shape index (κ2) is 9.81. The minimum absolute atomic E-state index is 0.0130. The zero-order valence-electron chi connectivity index (χ0n) is 16.2. The van der Waals surface area contributed by atoms with Crippen molar-refractivity contribution >= 4 is 35.2 Å². The van der Waals surface area contributed by atoms with Crippen LogP contribution in [0.15, 0.2) is 60.7 Å². The van der Waals surface area contributed by atoms with E-state index in [9.17, 15) is 28.0 Å². The number of carbonyl (C=O) groups is 2. The number of alkyl halides is 3. The van der Waals surface area contributed by atoms with Crippen LogP contribution in [0.2, 0.25) is 10.0 Å². The van der Waals surface area contributed by atoms with Gasteiger partial charge in [-0.25, -0.2) is 4.79 Å². The van der Waals surface area contributed by atoms with Gasteiger partial charge in [-0.2, -0.15) is 18.4 Å². The van der Waals surface area contributed by atoms with Crippen LogP contribution >= 0.6 is 23.2 Å². The van der Waals surface area contributed by atoms with Crippen LogP contribution in [0.3, 0.4) is 0 Å².